The third-order valence-corrected chi connectivity index (χ3v) is 6.20. The van der Waals surface area contributed by atoms with E-state index in [4.69, 9.17) is 9.47 Å². The molecule has 0 aliphatic carbocycles. The van der Waals surface area contributed by atoms with Crippen LogP contribution in [0.3, 0.4) is 0 Å². The number of rotatable bonds is 6. The molecule has 0 bridgehead atoms. The Balaban J connectivity index is 1.41. The third-order valence-electron chi connectivity index (χ3n) is 4.58. The predicted octanol–water partition coefficient (Wildman–Crippen LogP) is 5.39. The number of thiophene rings is 1. The predicted molar refractivity (Wildman–Crippen MR) is 120 cm³/mol. The van der Waals surface area contributed by atoms with Crippen LogP contribution < -0.4 is 19.5 Å². The molecule has 0 saturated carbocycles. The molecule has 3 heterocycles. The van der Waals surface area contributed by atoms with Crippen LogP contribution in [0.15, 0.2) is 54.9 Å². The van der Waals surface area contributed by atoms with E-state index in [0.717, 1.165) is 49.2 Å². The summed E-state index contributed by atoms with van der Waals surface area (Å²) < 4.78 is 15.2. The van der Waals surface area contributed by atoms with Gasteiger partial charge in [0.25, 0.3) is 0 Å². The van der Waals surface area contributed by atoms with Crippen LogP contribution >= 0.6 is 23.3 Å². The summed E-state index contributed by atoms with van der Waals surface area (Å²) in [7, 11) is 0. The zero-order chi connectivity index (χ0) is 19.6. The first kappa shape index (κ1) is 18.1. The van der Waals surface area contributed by atoms with E-state index in [2.05, 4.69) is 50.3 Å². The first-order chi connectivity index (χ1) is 14.3. The van der Waals surface area contributed by atoms with Crippen LogP contribution in [0.2, 0.25) is 0 Å². The highest BCUT2D eigenvalue weighted by Gasteiger charge is 2.14. The van der Waals surface area contributed by atoms with Crippen LogP contribution in [0.25, 0.3) is 20.7 Å². The van der Waals surface area contributed by atoms with E-state index in [1.165, 1.54) is 0 Å². The number of benzene rings is 2. The molecule has 0 radical (unpaired) electrons. The van der Waals surface area contributed by atoms with Crippen molar-refractivity contribution >= 4 is 45.0 Å². The summed E-state index contributed by atoms with van der Waals surface area (Å²) in [5.41, 5.74) is 4.29. The van der Waals surface area contributed by atoms with Gasteiger partial charge in [-0.3, -0.25) is 0 Å². The van der Waals surface area contributed by atoms with Gasteiger partial charge >= 0.3 is 0 Å². The standard InChI is InChI=1S/C21H18N4O2S2/c1-28-25-15-4-2-3-14(8-15)19-9-16-20(29-19)21(24-11-23-16)22-10-13-5-6-17-18(7-13)27-12-26-17/h2-9,11,25H,10,12H2,1H3,(H,22,23,24). The van der Waals surface area contributed by atoms with Gasteiger partial charge in [0, 0.05) is 23.4 Å². The van der Waals surface area contributed by atoms with Crippen molar-refractivity contribution in [1.82, 2.24) is 9.97 Å². The summed E-state index contributed by atoms with van der Waals surface area (Å²) in [5, 5.41) is 3.44. The molecule has 2 aromatic heterocycles. The number of nitrogens with zero attached hydrogens (tertiary/aromatic N) is 2. The molecular formula is C21H18N4O2S2. The minimum absolute atomic E-state index is 0.282. The van der Waals surface area contributed by atoms with Crippen LogP contribution in [0.4, 0.5) is 11.5 Å². The number of nitrogens with one attached hydrogen (secondary N) is 2. The van der Waals surface area contributed by atoms with Gasteiger partial charge in [0.05, 0.1) is 10.2 Å². The smallest absolute Gasteiger partial charge is 0.231 e. The molecule has 0 atom stereocenters. The molecule has 29 heavy (non-hydrogen) atoms. The van der Waals surface area contributed by atoms with E-state index >= 15 is 0 Å². The lowest BCUT2D eigenvalue weighted by molar-refractivity contribution is 0.174. The summed E-state index contributed by atoms with van der Waals surface area (Å²) in [6, 6.07) is 16.5. The molecule has 0 amide bonds. The van der Waals surface area contributed by atoms with Crippen molar-refractivity contribution in [2.75, 3.05) is 23.1 Å². The second-order valence-corrected chi connectivity index (χ2v) is 8.14. The highest BCUT2D eigenvalue weighted by Crippen LogP contribution is 2.37. The molecule has 4 aromatic rings. The number of anilines is 2. The Morgan fingerprint density at radius 2 is 2.00 bits per heavy atom. The van der Waals surface area contributed by atoms with Crippen molar-refractivity contribution in [3.63, 3.8) is 0 Å². The fourth-order valence-electron chi connectivity index (χ4n) is 3.21. The number of hydrogen-bond donors (Lipinski definition) is 2. The van der Waals surface area contributed by atoms with Gasteiger partial charge in [0.2, 0.25) is 6.79 Å². The maximum absolute atomic E-state index is 5.46. The van der Waals surface area contributed by atoms with Crippen LogP contribution in [0, 0.1) is 0 Å². The molecular weight excluding hydrogens is 404 g/mol. The molecule has 6 nitrogen and oxygen atoms in total. The van der Waals surface area contributed by atoms with Gasteiger partial charge in [-0.2, -0.15) is 0 Å². The number of aromatic nitrogens is 2. The Morgan fingerprint density at radius 1 is 1.07 bits per heavy atom. The summed E-state index contributed by atoms with van der Waals surface area (Å²) in [6.07, 6.45) is 3.62. The van der Waals surface area contributed by atoms with Crippen LogP contribution in [0.5, 0.6) is 11.5 Å². The summed E-state index contributed by atoms with van der Waals surface area (Å²) in [4.78, 5) is 10.1. The van der Waals surface area contributed by atoms with Gasteiger partial charge in [0.15, 0.2) is 11.5 Å². The lowest BCUT2D eigenvalue weighted by Crippen LogP contribution is -2.01. The Labute approximate surface area is 176 Å². The summed E-state index contributed by atoms with van der Waals surface area (Å²) in [6.45, 7) is 0.924. The second-order valence-electron chi connectivity index (χ2n) is 6.48. The quantitative estimate of drug-likeness (QED) is 0.404. The van der Waals surface area contributed by atoms with E-state index in [1.807, 2.05) is 24.5 Å². The Kier molecular flexibility index (Phi) is 4.87. The van der Waals surface area contributed by atoms with Gasteiger partial charge in [-0.15, -0.1) is 11.3 Å². The topological polar surface area (TPSA) is 68.3 Å². The fourth-order valence-corrected chi connectivity index (χ4v) is 4.65. The lowest BCUT2D eigenvalue weighted by Gasteiger charge is -2.07. The Hall–Kier alpha value is -2.97. The van der Waals surface area contributed by atoms with Crippen molar-refractivity contribution in [1.29, 1.82) is 0 Å². The van der Waals surface area contributed by atoms with Crippen LogP contribution in [-0.2, 0) is 6.54 Å². The average Bonchev–Trinajstić information content (AvgIpc) is 3.39. The van der Waals surface area contributed by atoms with E-state index < -0.39 is 0 Å². The SMILES string of the molecule is CSNc1cccc(-c2cc3ncnc(NCc4ccc5c(c4)OCO5)c3s2)c1. The number of hydrogen-bond acceptors (Lipinski definition) is 8. The zero-order valence-electron chi connectivity index (χ0n) is 15.6. The van der Waals surface area contributed by atoms with Gasteiger partial charge < -0.3 is 19.5 Å². The van der Waals surface area contributed by atoms with E-state index in [9.17, 15) is 0 Å². The average molecular weight is 423 g/mol. The lowest BCUT2D eigenvalue weighted by atomic mass is 10.1. The molecule has 1 aliphatic heterocycles. The van der Waals surface area contributed by atoms with Crippen molar-refractivity contribution in [3.8, 4) is 21.9 Å². The Morgan fingerprint density at radius 3 is 2.93 bits per heavy atom. The largest absolute Gasteiger partial charge is 0.454 e. The number of fused-ring (bicyclic) bond motifs is 2. The van der Waals surface area contributed by atoms with Crippen molar-refractivity contribution in [2.45, 2.75) is 6.54 Å². The van der Waals surface area contributed by atoms with E-state index in [0.29, 0.717) is 6.54 Å². The summed E-state index contributed by atoms with van der Waals surface area (Å²) in [5.74, 6) is 2.41. The maximum Gasteiger partial charge on any atom is 0.231 e. The zero-order valence-corrected chi connectivity index (χ0v) is 17.3. The van der Waals surface area contributed by atoms with Crippen molar-refractivity contribution in [3.05, 3.63) is 60.4 Å². The van der Waals surface area contributed by atoms with Crippen LogP contribution in [0.1, 0.15) is 5.56 Å². The van der Waals surface area contributed by atoms with Gasteiger partial charge in [-0.1, -0.05) is 30.1 Å². The number of ether oxygens (including phenoxy) is 2. The normalized spacial score (nSPS) is 12.3. The van der Waals surface area contributed by atoms with Gasteiger partial charge in [0.1, 0.15) is 12.1 Å². The minimum atomic E-state index is 0.282. The molecule has 2 aromatic carbocycles. The van der Waals surface area contributed by atoms with Gasteiger partial charge in [-0.05, 0) is 41.5 Å². The monoisotopic (exact) mass is 422 g/mol. The summed E-state index contributed by atoms with van der Waals surface area (Å²) >= 11 is 3.27. The highest BCUT2D eigenvalue weighted by atomic mass is 32.2. The molecule has 8 heteroatoms. The first-order valence-corrected chi connectivity index (χ1v) is 11.1. The molecule has 0 fully saturated rings. The van der Waals surface area contributed by atoms with Crippen LogP contribution in [-0.4, -0.2) is 23.0 Å². The Bertz CT molecular complexity index is 1180. The van der Waals surface area contributed by atoms with E-state index in [1.54, 1.807) is 29.6 Å². The molecule has 0 unspecified atom stereocenters. The molecule has 1 aliphatic rings. The second kappa shape index (κ2) is 7.81. The minimum Gasteiger partial charge on any atom is -0.454 e. The van der Waals surface area contributed by atoms with Crippen molar-refractivity contribution in [2.24, 2.45) is 0 Å². The van der Waals surface area contributed by atoms with Gasteiger partial charge in [-0.25, -0.2) is 9.97 Å². The first-order valence-electron chi connectivity index (χ1n) is 9.06. The third kappa shape index (κ3) is 3.68. The molecule has 0 saturated heterocycles. The fraction of sp³-hybridized carbons (Fsp3) is 0.143. The highest BCUT2D eigenvalue weighted by molar-refractivity contribution is 7.99. The van der Waals surface area contributed by atoms with Crippen molar-refractivity contribution < 1.29 is 9.47 Å². The van der Waals surface area contributed by atoms with E-state index in [-0.39, 0.29) is 6.79 Å². The molecule has 146 valence electrons. The molecule has 5 rings (SSSR count). The molecule has 0 spiro atoms. The maximum atomic E-state index is 5.46. The molecule has 2 N–H and O–H groups in total.